The van der Waals surface area contributed by atoms with Gasteiger partial charge in [0.15, 0.2) is 5.82 Å². The van der Waals surface area contributed by atoms with E-state index in [0.717, 1.165) is 23.7 Å². The normalized spacial score (nSPS) is 10.7. The van der Waals surface area contributed by atoms with Crippen molar-refractivity contribution in [2.75, 3.05) is 23.0 Å². The molecular formula is C20H23N9O. The Kier molecular flexibility index (Phi) is 5.74. The zero-order chi connectivity index (χ0) is 20.8. The van der Waals surface area contributed by atoms with Crippen LogP contribution in [0.15, 0.2) is 61.3 Å². The van der Waals surface area contributed by atoms with Crippen LogP contribution in [0.4, 0.5) is 28.8 Å². The van der Waals surface area contributed by atoms with Crippen molar-refractivity contribution in [3.05, 3.63) is 61.3 Å². The highest BCUT2D eigenvalue weighted by atomic mass is 16.5. The molecule has 4 rings (SSSR count). The standard InChI is InChI=1S/C20H23N9O/c1-2-30-17-6-4-15(5-7-17)25-19-18(21)13-22-20(27-19)26-16-12-24-29(14-16)11-10-28-9-3-8-23-28/h3-9,12-14H,2,10-11,21H2,1H3,(H2,22,25,26,27). The summed E-state index contributed by atoms with van der Waals surface area (Å²) in [5.74, 6) is 1.75. The first-order valence-corrected chi connectivity index (χ1v) is 9.59. The van der Waals surface area contributed by atoms with Crippen molar-refractivity contribution in [1.29, 1.82) is 0 Å². The molecule has 0 atom stereocenters. The van der Waals surface area contributed by atoms with Gasteiger partial charge in [-0.25, -0.2) is 4.98 Å². The molecule has 0 saturated carbocycles. The second-order valence-electron chi connectivity index (χ2n) is 6.47. The molecule has 4 aromatic rings. The summed E-state index contributed by atoms with van der Waals surface area (Å²) in [7, 11) is 0. The molecule has 0 amide bonds. The van der Waals surface area contributed by atoms with Crippen LogP contribution in [0, 0.1) is 0 Å². The van der Waals surface area contributed by atoms with Gasteiger partial charge in [-0.3, -0.25) is 9.36 Å². The van der Waals surface area contributed by atoms with E-state index in [1.54, 1.807) is 18.6 Å². The van der Waals surface area contributed by atoms with Crippen molar-refractivity contribution in [3.8, 4) is 5.75 Å². The predicted octanol–water partition coefficient (Wildman–Crippen LogP) is 3.04. The number of nitrogens with zero attached hydrogens (tertiary/aromatic N) is 6. The molecule has 0 aliphatic heterocycles. The summed E-state index contributed by atoms with van der Waals surface area (Å²) in [5, 5.41) is 14.9. The van der Waals surface area contributed by atoms with Crippen LogP contribution >= 0.6 is 0 Å². The van der Waals surface area contributed by atoms with Crippen molar-refractivity contribution in [3.63, 3.8) is 0 Å². The number of benzene rings is 1. The highest BCUT2D eigenvalue weighted by Crippen LogP contribution is 2.24. The second-order valence-corrected chi connectivity index (χ2v) is 6.47. The van der Waals surface area contributed by atoms with Crippen LogP contribution in [0.5, 0.6) is 5.75 Å². The Morgan fingerprint density at radius 2 is 1.83 bits per heavy atom. The number of hydrogen-bond donors (Lipinski definition) is 3. The van der Waals surface area contributed by atoms with Gasteiger partial charge in [-0.1, -0.05) is 0 Å². The largest absolute Gasteiger partial charge is 0.494 e. The maximum Gasteiger partial charge on any atom is 0.229 e. The highest BCUT2D eigenvalue weighted by Gasteiger charge is 2.07. The second kappa shape index (κ2) is 8.95. The zero-order valence-corrected chi connectivity index (χ0v) is 16.6. The molecule has 0 bridgehead atoms. The minimum atomic E-state index is 0.421. The molecule has 0 fully saturated rings. The number of anilines is 5. The molecule has 0 aliphatic rings. The van der Waals surface area contributed by atoms with Crippen LogP contribution in [-0.4, -0.2) is 36.1 Å². The van der Waals surface area contributed by atoms with E-state index >= 15 is 0 Å². The Hall–Kier alpha value is -4.08. The Morgan fingerprint density at radius 3 is 2.60 bits per heavy atom. The lowest BCUT2D eigenvalue weighted by atomic mass is 10.3. The third-order valence-electron chi connectivity index (χ3n) is 4.25. The maximum atomic E-state index is 6.03. The molecule has 154 valence electrons. The first-order chi connectivity index (χ1) is 14.7. The summed E-state index contributed by atoms with van der Waals surface area (Å²) < 4.78 is 9.15. The fraction of sp³-hybridized carbons (Fsp3) is 0.200. The third kappa shape index (κ3) is 4.85. The highest BCUT2D eigenvalue weighted by molar-refractivity contribution is 5.70. The lowest BCUT2D eigenvalue weighted by Crippen LogP contribution is -2.08. The smallest absolute Gasteiger partial charge is 0.229 e. The average molecular weight is 405 g/mol. The maximum absolute atomic E-state index is 6.03. The van der Waals surface area contributed by atoms with Crippen molar-refractivity contribution in [1.82, 2.24) is 29.5 Å². The number of nitrogen functional groups attached to an aromatic ring is 1. The minimum absolute atomic E-state index is 0.421. The van der Waals surface area contributed by atoms with Crippen molar-refractivity contribution in [2.24, 2.45) is 0 Å². The van der Waals surface area contributed by atoms with Gasteiger partial charge >= 0.3 is 0 Å². The fourth-order valence-electron chi connectivity index (χ4n) is 2.81. The van der Waals surface area contributed by atoms with Crippen molar-refractivity contribution in [2.45, 2.75) is 20.0 Å². The first-order valence-electron chi connectivity index (χ1n) is 9.59. The zero-order valence-electron chi connectivity index (χ0n) is 16.6. The fourth-order valence-corrected chi connectivity index (χ4v) is 2.81. The molecule has 0 radical (unpaired) electrons. The van der Waals surface area contributed by atoms with Gasteiger partial charge in [0.1, 0.15) is 5.75 Å². The van der Waals surface area contributed by atoms with Crippen molar-refractivity contribution < 1.29 is 4.74 Å². The van der Waals surface area contributed by atoms with Crippen LogP contribution in [0.1, 0.15) is 6.92 Å². The summed E-state index contributed by atoms with van der Waals surface area (Å²) in [4.78, 5) is 8.73. The lowest BCUT2D eigenvalue weighted by molar-refractivity contribution is 0.340. The Labute approximate surface area is 173 Å². The van der Waals surface area contributed by atoms with Gasteiger partial charge in [-0.2, -0.15) is 15.2 Å². The number of nitrogens with two attached hydrogens (primary N) is 1. The van der Waals surface area contributed by atoms with Gasteiger partial charge in [0.25, 0.3) is 0 Å². The van der Waals surface area contributed by atoms with Crippen molar-refractivity contribution >= 4 is 28.8 Å². The molecule has 10 nitrogen and oxygen atoms in total. The summed E-state index contributed by atoms with van der Waals surface area (Å²) >= 11 is 0. The predicted molar refractivity (Wildman–Crippen MR) is 115 cm³/mol. The summed E-state index contributed by atoms with van der Waals surface area (Å²) in [5.41, 5.74) is 8.12. The molecule has 3 heterocycles. The number of aromatic nitrogens is 6. The van der Waals surface area contributed by atoms with Crippen LogP contribution in [0.3, 0.4) is 0 Å². The van der Waals surface area contributed by atoms with E-state index in [4.69, 9.17) is 10.5 Å². The molecule has 0 unspecified atom stereocenters. The SMILES string of the molecule is CCOc1ccc(Nc2nc(Nc3cnn(CCn4cccn4)c3)ncc2N)cc1. The quantitative estimate of drug-likeness (QED) is 0.389. The summed E-state index contributed by atoms with van der Waals surface area (Å²) in [6, 6.07) is 9.49. The Morgan fingerprint density at radius 1 is 1.00 bits per heavy atom. The topological polar surface area (TPSA) is 121 Å². The van der Waals surface area contributed by atoms with Gasteiger partial charge in [0, 0.05) is 24.3 Å². The summed E-state index contributed by atoms with van der Waals surface area (Å²) in [6.45, 7) is 4.02. The van der Waals surface area contributed by atoms with Crippen LogP contribution < -0.4 is 21.1 Å². The molecule has 4 N–H and O–H groups in total. The van der Waals surface area contributed by atoms with E-state index in [-0.39, 0.29) is 0 Å². The van der Waals surface area contributed by atoms with E-state index in [9.17, 15) is 0 Å². The number of hydrogen-bond acceptors (Lipinski definition) is 8. The molecule has 1 aromatic carbocycles. The number of ether oxygens (including phenoxy) is 1. The minimum Gasteiger partial charge on any atom is -0.494 e. The third-order valence-corrected chi connectivity index (χ3v) is 4.25. The van der Waals surface area contributed by atoms with Crippen LogP contribution in [-0.2, 0) is 13.1 Å². The number of nitrogens with one attached hydrogen (secondary N) is 2. The molecular weight excluding hydrogens is 382 g/mol. The van der Waals surface area contributed by atoms with E-state index in [1.807, 2.05) is 59.0 Å². The van der Waals surface area contributed by atoms with Crippen LogP contribution in [0.2, 0.25) is 0 Å². The Balaban J connectivity index is 1.40. The molecule has 0 aliphatic carbocycles. The number of rotatable bonds is 9. The van der Waals surface area contributed by atoms with Gasteiger partial charge in [0.05, 0.1) is 43.5 Å². The van der Waals surface area contributed by atoms with E-state index in [2.05, 4.69) is 30.8 Å². The van der Waals surface area contributed by atoms with E-state index < -0.39 is 0 Å². The monoisotopic (exact) mass is 405 g/mol. The molecule has 3 aromatic heterocycles. The van der Waals surface area contributed by atoms with Gasteiger partial charge in [-0.05, 0) is 37.3 Å². The Bertz CT molecular complexity index is 1070. The molecule has 10 heteroatoms. The molecule has 0 saturated heterocycles. The summed E-state index contributed by atoms with van der Waals surface area (Å²) in [6.07, 6.45) is 8.86. The van der Waals surface area contributed by atoms with Gasteiger partial charge < -0.3 is 21.1 Å². The lowest BCUT2D eigenvalue weighted by Gasteiger charge is -2.11. The van der Waals surface area contributed by atoms with E-state index in [0.29, 0.717) is 30.6 Å². The molecule has 0 spiro atoms. The molecule has 30 heavy (non-hydrogen) atoms. The van der Waals surface area contributed by atoms with Gasteiger partial charge in [0.2, 0.25) is 5.95 Å². The first kappa shape index (κ1) is 19.2. The van der Waals surface area contributed by atoms with E-state index in [1.165, 1.54) is 0 Å². The van der Waals surface area contributed by atoms with Crippen LogP contribution in [0.25, 0.3) is 0 Å². The average Bonchev–Trinajstić information content (AvgIpc) is 3.42. The number of aryl methyl sites for hydroxylation is 2. The van der Waals surface area contributed by atoms with Gasteiger partial charge in [-0.15, -0.1) is 0 Å².